The highest BCUT2D eigenvalue weighted by Crippen LogP contribution is 2.04. The number of nitrogens with one attached hydrogen (secondary N) is 2. The third kappa shape index (κ3) is 4.66. The summed E-state index contributed by atoms with van der Waals surface area (Å²) < 4.78 is 0. The van der Waals surface area contributed by atoms with E-state index < -0.39 is 0 Å². The van der Waals surface area contributed by atoms with Gasteiger partial charge in [-0.25, -0.2) is 0 Å². The van der Waals surface area contributed by atoms with Crippen molar-refractivity contribution >= 4 is 23.2 Å². The minimum Gasteiger partial charge on any atom is -0.351 e. The van der Waals surface area contributed by atoms with Gasteiger partial charge in [0, 0.05) is 13.1 Å². The third-order valence-corrected chi connectivity index (χ3v) is 2.82. The number of hydrogen-bond acceptors (Lipinski definition) is 3. The lowest BCUT2D eigenvalue weighted by Gasteiger charge is -2.19. The van der Waals surface area contributed by atoms with Gasteiger partial charge in [-0.05, 0) is 31.6 Å². The van der Waals surface area contributed by atoms with E-state index in [-0.39, 0.29) is 11.9 Å². The Bertz CT molecular complexity index is 307. The fourth-order valence-electron chi connectivity index (χ4n) is 1.80. The maximum Gasteiger partial charge on any atom is 0.248 e. The fourth-order valence-corrected chi connectivity index (χ4v) is 2.05. The van der Waals surface area contributed by atoms with Gasteiger partial charge in [0.1, 0.15) is 6.04 Å². The lowest BCUT2D eigenvalue weighted by atomic mass is 10.1. The van der Waals surface area contributed by atoms with Crippen LogP contribution in [0.4, 0.5) is 0 Å². The Hall–Kier alpha value is -1.20. The predicted molar refractivity (Wildman–Crippen MR) is 73.7 cm³/mol. The summed E-state index contributed by atoms with van der Waals surface area (Å²) in [6.07, 6.45) is 5.48. The van der Waals surface area contributed by atoms with E-state index in [9.17, 15) is 4.79 Å². The van der Waals surface area contributed by atoms with Crippen LogP contribution in [-0.2, 0) is 4.79 Å². The van der Waals surface area contributed by atoms with Crippen molar-refractivity contribution in [1.82, 2.24) is 15.5 Å². The van der Waals surface area contributed by atoms with Crippen LogP contribution >= 0.6 is 12.2 Å². The van der Waals surface area contributed by atoms with E-state index in [2.05, 4.69) is 28.7 Å². The van der Waals surface area contributed by atoms with Crippen LogP contribution in [0.5, 0.6) is 0 Å². The van der Waals surface area contributed by atoms with Crippen LogP contribution in [0.25, 0.3) is 0 Å². The van der Waals surface area contributed by atoms with Crippen molar-refractivity contribution in [2.75, 3.05) is 19.6 Å². The van der Waals surface area contributed by atoms with Gasteiger partial charge in [-0.15, -0.1) is 13.2 Å². The average Bonchev–Trinajstić information content (AvgIpc) is 2.58. The van der Waals surface area contributed by atoms with Gasteiger partial charge >= 0.3 is 0 Å². The van der Waals surface area contributed by atoms with Gasteiger partial charge in [-0.1, -0.05) is 12.2 Å². The Morgan fingerprint density at radius 1 is 1.35 bits per heavy atom. The normalized spacial score (nSPS) is 19.0. The van der Waals surface area contributed by atoms with Crippen LogP contribution in [0.1, 0.15) is 12.8 Å². The fraction of sp³-hybridized carbons (Fsp3) is 0.500. The van der Waals surface area contributed by atoms with Crippen LogP contribution < -0.4 is 10.6 Å². The molecule has 1 atom stereocenters. The van der Waals surface area contributed by atoms with Gasteiger partial charge in [-0.3, -0.25) is 9.69 Å². The largest absolute Gasteiger partial charge is 0.351 e. The monoisotopic (exact) mass is 253 g/mol. The summed E-state index contributed by atoms with van der Waals surface area (Å²) in [4.78, 5) is 13.6. The topological polar surface area (TPSA) is 44.4 Å². The Balaban J connectivity index is 2.25. The molecule has 2 N–H and O–H groups in total. The maximum absolute atomic E-state index is 11.4. The maximum atomic E-state index is 11.4. The zero-order valence-corrected chi connectivity index (χ0v) is 10.8. The zero-order chi connectivity index (χ0) is 12.7. The standard InChI is InChI=1S/C12H19N3OS/c1-3-7-15(8-4-2)9-5-6-10-11(16)14-12(17)13-10/h3-4,10H,1-2,5-9H2,(H2,13,14,16,17). The highest BCUT2D eigenvalue weighted by Gasteiger charge is 2.26. The summed E-state index contributed by atoms with van der Waals surface area (Å²) in [7, 11) is 0. The van der Waals surface area contributed by atoms with Crippen LogP contribution in [0.15, 0.2) is 25.3 Å². The van der Waals surface area contributed by atoms with E-state index >= 15 is 0 Å². The number of carbonyl (C=O) groups is 1. The van der Waals surface area contributed by atoms with Gasteiger partial charge in [0.2, 0.25) is 5.91 Å². The van der Waals surface area contributed by atoms with Gasteiger partial charge in [0.25, 0.3) is 0 Å². The first-order chi connectivity index (χ1) is 8.17. The molecule has 94 valence electrons. The molecule has 0 spiro atoms. The molecule has 1 heterocycles. The first-order valence-corrected chi connectivity index (χ1v) is 6.13. The molecule has 1 aliphatic heterocycles. The number of carbonyl (C=O) groups excluding carboxylic acids is 1. The third-order valence-electron chi connectivity index (χ3n) is 2.60. The highest BCUT2D eigenvalue weighted by molar-refractivity contribution is 7.80. The Morgan fingerprint density at radius 3 is 2.47 bits per heavy atom. The molecule has 1 rings (SSSR count). The second-order valence-electron chi connectivity index (χ2n) is 3.99. The molecule has 0 bridgehead atoms. The quantitative estimate of drug-likeness (QED) is 0.496. The molecule has 0 radical (unpaired) electrons. The first-order valence-electron chi connectivity index (χ1n) is 5.73. The molecule has 0 aliphatic carbocycles. The number of rotatable bonds is 8. The molecule has 1 unspecified atom stereocenters. The van der Waals surface area contributed by atoms with Gasteiger partial charge in [-0.2, -0.15) is 0 Å². The molecular formula is C12H19N3OS. The lowest BCUT2D eigenvalue weighted by Crippen LogP contribution is -2.31. The summed E-state index contributed by atoms with van der Waals surface area (Å²) in [5, 5.41) is 5.98. The van der Waals surface area contributed by atoms with Crippen LogP contribution in [-0.4, -0.2) is 41.6 Å². The van der Waals surface area contributed by atoms with Crippen molar-refractivity contribution in [3.05, 3.63) is 25.3 Å². The predicted octanol–water partition coefficient (Wildman–Crippen LogP) is 0.813. The minimum atomic E-state index is -0.170. The van der Waals surface area contributed by atoms with Crippen molar-refractivity contribution in [2.45, 2.75) is 18.9 Å². The molecule has 0 aromatic heterocycles. The van der Waals surface area contributed by atoms with E-state index in [0.717, 1.165) is 32.5 Å². The Kier molecular flexibility index (Phi) is 5.86. The average molecular weight is 253 g/mol. The molecule has 0 aromatic rings. The van der Waals surface area contributed by atoms with E-state index in [1.807, 2.05) is 12.2 Å². The number of hydrogen-bond donors (Lipinski definition) is 2. The van der Waals surface area contributed by atoms with Crippen molar-refractivity contribution < 1.29 is 4.79 Å². The van der Waals surface area contributed by atoms with Gasteiger partial charge < -0.3 is 10.6 Å². The van der Waals surface area contributed by atoms with Crippen molar-refractivity contribution in [2.24, 2.45) is 0 Å². The molecule has 0 saturated carbocycles. The SMILES string of the molecule is C=CCN(CC=C)CCCC1NC(=S)NC1=O. The van der Waals surface area contributed by atoms with E-state index in [1.54, 1.807) is 0 Å². The number of nitrogens with zero attached hydrogens (tertiary/aromatic N) is 1. The molecule has 4 nitrogen and oxygen atoms in total. The molecular weight excluding hydrogens is 234 g/mol. The molecule has 1 amide bonds. The lowest BCUT2D eigenvalue weighted by molar-refractivity contribution is -0.120. The zero-order valence-electron chi connectivity index (χ0n) is 9.95. The van der Waals surface area contributed by atoms with Crippen LogP contribution in [0.2, 0.25) is 0 Å². The summed E-state index contributed by atoms with van der Waals surface area (Å²) >= 11 is 4.88. The highest BCUT2D eigenvalue weighted by atomic mass is 32.1. The summed E-state index contributed by atoms with van der Waals surface area (Å²) in [5.74, 6) is -0.0195. The molecule has 0 aromatic carbocycles. The Morgan fingerprint density at radius 2 is 2.00 bits per heavy atom. The molecule has 5 heteroatoms. The van der Waals surface area contributed by atoms with E-state index in [1.165, 1.54) is 0 Å². The first kappa shape index (κ1) is 13.9. The summed E-state index contributed by atoms with van der Waals surface area (Å²) in [5.41, 5.74) is 0. The second-order valence-corrected chi connectivity index (χ2v) is 4.40. The Labute approximate surface area is 108 Å². The van der Waals surface area contributed by atoms with E-state index in [0.29, 0.717) is 5.11 Å². The van der Waals surface area contributed by atoms with Crippen LogP contribution in [0.3, 0.4) is 0 Å². The molecule has 1 fully saturated rings. The van der Waals surface area contributed by atoms with Gasteiger partial charge in [0.05, 0.1) is 0 Å². The van der Waals surface area contributed by atoms with Crippen molar-refractivity contribution in [3.8, 4) is 0 Å². The van der Waals surface area contributed by atoms with E-state index in [4.69, 9.17) is 12.2 Å². The summed E-state index contributed by atoms with van der Waals surface area (Å²) in [6, 6.07) is -0.170. The number of amides is 1. The van der Waals surface area contributed by atoms with Crippen LogP contribution in [0, 0.1) is 0 Å². The summed E-state index contributed by atoms with van der Waals surface area (Å²) in [6.45, 7) is 10.1. The smallest absolute Gasteiger partial charge is 0.248 e. The van der Waals surface area contributed by atoms with Gasteiger partial charge in [0.15, 0.2) is 5.11 Å². The molecule has 1 aliphatic rings. The second kappa shape index (κ2) is 7.19. The minimum absolute atomic E-state index is 0.0195. The molecule has 1 saturated heterocycles. The van der Waals surface area contributed by atoms with Crippen molar-refractivity contribution in [1.29, 1.82) is 0 Å². The van der Waals surface area contributed by atoms with Crippen molar-refractivity contribution in [3.63, 3.8) is 0 Å². The molecule has 17 heavy (non-hydrogen) atoms. The number of thiocarbonyl (C=S) groups is 1.